The van der Waals surface area contributed by atoms with Gasteiger partial charge in [0.2, 0.25) is 0 Å². The van der Waals surface area contributed by atoms with E-state index in [9.17, 15) is 0 Å². The zero-order valence-electron chi connectivity index (χ0n) is 7.60. The SMILES string of the molecule is COCC(CN)Nc1cccnn1. The predicted molar refractivity (Wildman–Crippen MR) is 50.4 cm³/mol. The van der Waals surface area contributed by atoms with E-state index in [1.54, 1.807) is 13.3 Å². The molecule has 0 fully saturated rings. The van der Waals surface area contributed by atoms with Crippen LogP contribution in [0.4, 0.5) is 5.82 Å². The van der Waals surface area contributed by atoms with Crippen LogP contribution < -0.4 is 11.1 Å². The molecule has 0 radical (unpaired) electrons. The highest BCUT2D eigenvalue weighted by molar-refractivity contribution is 5.32. The van der Waals surface area contributed by atoms with Gasteiger partial charge in [0.1, 0.15) is 5.82 Å². The number of hydrogen-bond acceptors (Lipinski definition) is 5. The van der Waals surface area contributed by atoms with Gasteiger partial charge in [0, 0.05) is 19.9 Å². The van der Waals surface area contributed by atoms with Crippen LogP contribution >= 0.6 is 0 Å². The van der Waals surface area contributed by atoms with Crippen molar-refractivity contribution in [3.63, 3.8) is 0 Å². The van der Waals surface area contributed by atoms with Gasteiger partial charge >= 0.3 is 0 Å². The van der Waals surface area contributed by atoms with Gasteiger partial charge in [-0.25, -0.2) is 0 Å². The molecule has 13 heavy (non-hydrogen) atoms. The van der Waals surface area contributed by atoms with E-state index in [2.05, 4.69) is 15.5 Å². The summed E-state index contributed by atoms with van der Waals surface area (Å²) < 4.78 is 4.98. The number of ether oxygens (including phenoxy) is 1. The average Bonchev–Trinajstić information content (AvgIpc) is 2.19. The van der Waals surface area contributed by atoms with E-state index in [-0.39, 0.29) is 6.04 Å². The lowest BCUT2D eigenvalue weighted by atomic mass is 10.3. The lowest BCUT2D eigenvalue weighted by Gasteiger charge is -2.15. The number of aromatic nitrogens is 2. The molecule has 5 nitrogen and oxygen atoms in total. The molecule has 3 N–H and O–H groups in total. The second kappa shape index (κ2) is 5.45. The first-order valence-corrected chi connectivity index (χ1v) is 4.10. The first-order chi connectivity index (χ1) is 6.36. The molecule has 1 rings (SSSR count). The molecule has 1 atom stereocenters. The van der Waals surface area contributed by atoms with Crippen molar-refractivity contribution in [1.29, 1.82) is 0 Å². The fraction of sp³-hybridized carbons (Fsp3) is 0.500. The van der Waals surface area contributed by atoms with Crippen LogP contribution in [0.1, 0.15) is 0 Å². The molecule has 0 bridgehead atoms. The summed E-state index contributed by atoms with van der Waals surface area (Å²) in [6.45, 7) is 1.07. The number of rotatable bonds is 5. The Morgan fingerprint density at radius 1 is 1.69 bits per heavy atom. The van der Waals surface area contributed by atoms with Gasteiger partial charge in [-0.05, 0) is 12.1 Å². The standard InChI is InChI=1S/C8H14N4O/c1-13-6-7(5-9)11-8-3-2-4-10-12-8/h2-4,7H,5-6,9H2,1H3,(H,11,12). The van der Waals surface area contributed by atoms with Crippen LogP contribution in [0, 0.1) is 0 Å². The maximum Gasteiger partial charge on any atom is 0.148 e. The minimum Gasteiger partial charge on any atom is -0.383 e. The highest BCUT2D eigenvalue weighted by Gasteiger charge is 2.05. The van der Waals surface area contributed by atoms with Gasteiger partial charge < -0.3 is 15.8 Å². The summed E-state index contributed by atoms with van der Waals surface area (Å²) in [5.74, 6) is 0.718. The fourth-order valence-electron chi connectivity index (χ4n) is 0.957. The summed E-state index contributed by atoms with van der Waals surface area (Å²) in [5, 5.41) is 10.7. The molecule has 5 heteroatoms. The monoisotopic (exact) mass is 182 g/mol. The van der Waals surface area contributed by atoms with E-state index >= 15 is 0 Å². The van der Waals surface area contributed by atoms with E-state index in [0.29, 0.717) is 13.2 Å². The van der Waals surface area contributed by atoms with Crippen molar-refractivity contribution in [2.45, 2.75) is 6.04 Å². The lowest BCUT2D eigenvalue weighted by molar-refractivity contribution is 0.187. The molecule has 1 unspecified atom stereocenters. The summed E-state index contributed by atoms with van der Waals surface area (Å²) >= 11 is 0. The van der Waals surface area contributed by atoms with Crippen LogP contribution in [0.25, 0.3) is 0 Å². The Kier molecular flexibility index (Phi) is 4.14. The van der Waals surface area contributed by atoms with Crippen LogP contribution in [-0.2, 0) is 4.74 Å². The van der Waals surface area contributed by atoms with Gasteiger partial charge in [-0.15, -0.1) is 5.10 Å². The van der Waals surface area contributed by atoms with Crippen molar-refractivity contribution < 1.29 is 4.74 Å². The molecule has 0 aliphatic rings. The summed E-state index contributed by atoms with van der Waals surface area (Å²) in [6.07, 6.45) is 1.62. The smallest absolute Gasteiger partial charge is 0.148 e. The fourth-order valence-corrected chi connectivity index (χ4v) is 0.957. The summed E-state index contributed by atoms with van der Waals surface area (Å²) in [7, 11) is 1.64. The van der Waals surface area contributed by atoms with Gasteiger partial charge in [0.05, 0.1) is 12.6 Å². The largest absolute Gasteiger partial charge is 0.383 e. The molecule has 0 aromatic carbocycles. The Morgan fingerprint density at radius 2 is 2.54 bits per heavy atom. The molecule has 0 aliphatic heterocycles. The molecule has 0 aliphatic carbocycles. The third kappa shape index (κ3) is 3.35. The summed E-state index contributed by atoms with van der Waals surface area (Å²) in [4.78, 5) is 0. The second-order valence-corrected chi connectivity index (χ2v) is 2.64. The molecule has 1 aromatic heterocycles. The van der Waals surface area contributed by atoms with Crippen molar-refractivity contribution in [2.75, 3.05) is 25.6 Å². The van der Waals surface area contributed by atoms with Crippen molar-refractivity contribution in [2.24, 2.45) is 5.73 Å². The predicted octanol–water partition coefficient (Wildman–Crippen LogP) is -0.138. The van der Waals surface area contributed by atoms with Gasteiger partial charge in [0.25, 0.3) is 0 Å². The van der Waals surface area contributed by atoms with Crippen LogP contribution in [0.15, 0.2) is 18.3 Å². The molecule has 0 saturated carbocycles. The zero-order valence-corrected chi connectivity index (χ0v) is 7.60. The van der Waals surface area contributed by atoms with E-state index in [1.165, 1.54) is 0 Å². The lowest BCUT2D eigenvalue weighted by Crippen LogP contribution is -2.33. The number of nitrogens with two attached hydrogens (primary N) is 1. The first-order valence-electron chi connectivity index (χ1n) is 4.10. The molecule has 0 saturated heterocycles. The van der Waals surface area contributed by atoms with Crippen LogP contribution in [0.2, 0.25) is 0 Å². The Morgan fingerprint density at radius 3 is 3.08 bits per heavy atom. The summed E-state index contributed by atoms with van der Waals surface area (Å²) in [5.41, 5.74) is 5.52. The van der Waals surface area contributed by atoms with Crippen LogP contribution in [0.3, 0.4) is 0 Å². The second-order valence-electron chi connectivity index (χ2n) is 2.64. The Bertz CT molecular complexity index is 229. The Hall–Kier alpha value is -1.20. The number of anilines is 1. The first kappa shape index (κ1) is 9.88. The minimum absolute atomic E-state index is 0.0849. The molecule has 0 spiro atoms. The van der Waals surface area contributed by atoms with Gasteiger partial charge in [-0.2, -0.15) is 5.10 Å². The third-order valence-corrected chi connectivity index (χ3v) is 1.58. The number of hydrogen-bond donors (Lipinski definition) is 2. The van der Waals surface area contributed by atoms with Gasteiger partial charge in [0.15, 0.2) is 0 Å². The van der Waals surface area contributed by atoms with E-state index in [1.807, 2.05) is 12.1 Å². The zero-order chi connectivity index (χ0) is 9.52. The maximum absolute atomic E-state index is 5.52. The molecule has 1 aromatic rings. The molecule has 1 heterocycles. The molecule has 72 valence electrons. The topological polar surface area (TPSA) is 73.1 Å². The number of nitrogens with zero attached hydrogens (tertiary/aromatic N) is 2. The van der Waals surface area contributed by atoms with Gasteiger partial charge in [-0.1, -0.05) is 0 Å². The molecular formula is C8H14N4O. The van der Waals surface area contributed by atoms with Crippen molar-refractivity contribution in [3.05, 3.63) is 18.3 Å². The Labute approximate surface area is 77.3 Å². The maximum atomic E-state index is 5.52. The van der Waals surface area contributed by atoms with Gasteiger partial charge in [-0.3, -0.25) is 0 Å². The Balaban J connectivity index is 2.46. The average molecular weight is 182 g/mol. The van der Waals surface area contributed by atoms with Crippen LogP contribution in [-0.4, -0.2) is 36.5 Å². The third-order valence-electron chi connectivity index (χ3n) is 1.58. The number of nitrogens with one attached hydrogen (secondary N) is 1. The highest BCUT2D eigenvalue weighted by atomic mass is 16.5. The minimum atomic E-state index is 0.0849. The highest BCUT2D eigenvalue weighted by Crippen LogP contribution is 2.00. The van der Waals surface area contributed by atoms with E-state index in [4.69, 9.17) is 10.5 Å². The molecule has 0 amide bonds. The van der Waals surface area contributed by atoms with Crippen molar-refractivity contribution in [1.82, 2.24) is 10.2 Å². The van der Waals surface area contributed by atoms with Crippen LogP contribution in [0.5, 0.6) is 0 Å². The van der Waals surface area contributed by atoms with Crippen molar-refractivity contribution >= 4 is 5.82 Å². The quantitative estimate of drug-likeness (QED) is 0.663. The molecular weight excluding hydrogens is 168 g/mol. The van der Waals surface area contributed by atoms with Crippen molar-refractivity contribution in [3.8, 4) is 0 Å². The van der Waals surface area contributed by atoms with E-state index < -0.39 is 0 Å². The normalized spacial score (nSPS) is 12.5. The summed E-state index contributed by atoms with van der Waals surface area (Å²) in [6, 6.07) is 3.74. The number of methoxy groups -OCH3 is 1. The van der Waals surface area contributed by atoms with E-state index in [0.717, 1.165) is 5.82 Å².